The maximum absolute atomic E-state index is 12.5. The number of carbonyl (C=O) groups is 1. The molecule has 20 heavy (non-hydrogen) atoms. The van der Waals surface area contributed by atoms with Crippen LogP contribution >= 0.6 is 0 Å². The minimum atomic E-state index is 0.0230. The predicted octanol–water partition coefficient (Wildman–Crippen LogP) is 0.760. The second-order valence-electron chi connectivity index (χ2n) is 5.07. The molecule has 1 aliphatic rings. The smallest absolute Gasteiger partial charge is 0.254 e. The Morgan fingerprint density at radius 1 is 1.55 bits per heavy atom. The number of carbonyl (C=O) groups excluding carboxylic acids is 1. The molecular weight excluding hydrogens is 252 g/mol. The molecule has 1 saturated heterocycles. The summed E-state index contributed by atoms with van der Waals surface area (Å²) >= 11 is 0. The molecule has 1 aliphatic heterocycles. The second-order valence-corrected chi connectivity index (χ2v) is 5.07. The minimum Gasteiger partial charge on any atom is -0.396 e. The van der Waals surface area contributed by atoms with E-state index in [1.807, 2.05) is 30.0 Å². The fraction of sp³-hybridized carbons (Fsp3) is 0.438. The van der Waals surface area contributed by atoms with Crippen LogP contribution in [0.4, 0.5) is 0 Å². The molecule has 3 N–H and O–H groups in total. The summed E-state index contributed by atoms with van der Waals surface area (Å²) in [5.74, 6) is 6.04. The van der Waals surface area contributed by atoms with Gasteiger partial charge in [0.15, 0.2) is 0 Å². The third-order valence-corrected chi connectivity index (χ3v) is 3.72. The van der Waals surface area contributed by atoms with Gasteiger partial charge < -0.3 is 15.7 Å². The molecule has 0 spiro atoms. The van der Waals surface area contributed by atoms with Crippen molar-refractivity contribution in [3.05, 3.63) is 34.9 Å². The number of rotatable bonds is 2. The number of likely N-dealkylation sites (tertiary alicyclic amines) is 1. The average Bonchev–Trinajstić information content (AvgIpc) is 2.94. The number of aliphatic hydroxyl groups is 1. The summed E-state index contributed by atoms with van der Waals surface area (Å²) in [6.07, 6.45) is 0.869. The number of hydrogen-bond acceptors (Lipinski definition) is 3. The van der Waals surface area contributed by atoms with Crippen molar-refractivity contribution in [1.29, 1.82) is 0 Å². The van der Waals surface area contributed by atoms with Gasteiger partial charge in [0, 0.05) is 36.7 Å². The van der Waals surface area contributed by atoms with Crippen LogP contribution in [-0.2, 0) is 0 Å². The number of nitrogens with two attached hydrogens (primary N) is 1. The zero-order valence-electron chi connectivity index (χ0n) is 11.7. The Balaban J connectivity index is 2.22. The Labute approximate surface area is 119 Å². The van der Waals surface area contributed by atoms with Gasteiger partial charge >= 0.3 is 0 Å². The van der Waals surface area contributed by atoms with Gasteiger partial charge in [-0.25, -0.2) is 0 Å². The molecule has 106 valence electrons. The molecular formula is C16H20N2O2. The number of aliphatic hydroxyl groups excluding tert-OH is 1. The number of hydrogen-bond donors (Lipinski definition) is 2. The van der Waals surface area contributed by atoms with Gasteiger partial charge in [0.1, 0.15) is 0 Å². The number of benzene rings is 1. The van der Waals surface area contributed by atoms with Crippen LogP contribution in [0.15, 0.2) is 18.2 Å². The fourth-order valence-corrected chi connectivity index (χ4v) is 2.49. The van der Waals surface area contributed by atoms with Gasteiger partial charge in [0.25, 0.3) is 5.91 Å². The first kappa shape index (κ1) is 14.6. The van der Waals surface area contributed by atoms with Gasteiger partial charge in [-0.15, -0.1) is 0 Å². The van der Waals surface area contributed by atoms with Crippen molar-refractivity contribution >= 4 is 5.91 Å². The van der Waals surface area contributed by atoms with Crippen LogP contribution in [0.2, 0.25) is 0 Å². The molecule has 1 unspecified atom stereocenters. The fourth-order valence-electron chi connectivity index (χ4n) is 2.49. The molecule has 1 atom stereocenters. The molecule has 1 fully saturated rings. The molecule has 1 aromatic rings. The van der Waals surface area contributed by atoms with Crippen molar-refractivity contribution in [2.24, 2.45) is 11.7 Å². The van der Waals surface area contributed by atoms with Crippen LogP contribution in [-0.4, -0.2) is 42.2 Å². The van der Waals surface area contributed by atoms with E-state index in [0.29, 0.717) is 25.2 Å². The van der Waals surface area contributed by atoms with Crippen molar-refractivity contribution < 1.29 is 9.90 Å². The molecule has 0 radical (unpaired) electrons. The molecule has 1 heterocycles. The van der Waals surface area contributed by atoms with E-state index in [4.69, 9.17) is 10.8 Å². The topological polar surface area (TPSA) is 66.6 Å². The van der Waals surface area contributed by atoms with Gasteiger partial charge in [0.05, 0.1) is 6.54 Å². The summed E-state index contributed by atoms with van der Waals surface area (Å²) < 4.78 is 0. The van der Waals surface area contributed by atoms with Crippen LogP contribution in [0, 0.1) is 24.7 Å². The molecule has 1 amide bonds. The van der Waals surface area contributed by atoms with Gasteiger partial charge in [-0.3, -0.25) is 4.79 Å². The van der Waals surface area contributed by atoms with E-state index in [-0.39, 0.29) is 18.4 Å². The Hall–Kier alpha value is -1.83. The van der Waals surface area contributed by atoms with Crippen LogP contribution in [0.25, 0.3) is 0 Å². The summed E-state index contributed by atoms with van der Waals surface area (Å²) in [7, 11) is 0. The second kappa shape index (κ2) is 6.56. The molecule has 4 nitrogen and oxygen atoms in total. The molecule has 0 aliphatic carbocycles. The van der Waals surface area contributed by atoms with E-state index in [1.165, 1.54) is 0 Å². The lowest BCUT2D eigenvalue weighted by Crippen LogP contribution is -2.29. The third-order valence-electron chi connectivity index (χ3n) is 3.72. The lowest BCUT2D eigenvalue weighted by Gasteiger charge is -2.18. The van der Waals surface area contributed by atoms with Crippen molar-refractivity contribution in [3.63, 3.8) is 0 Å². The Morgan fingerprint density at radius 3 is 3.00 bits per heavy atom. The lowest BCUT2D eigenvalue weighted by molar-refractivity contribution is 0.0781. The van der Waals surface area contributed by atoms with Crippen LogP contribution in [0.3, 0.4) is 0 Å². The third kappa shape index (κ3) is 3.01. The molecule has 1 aromatic carbocycles. The Morgan fingerprint density at radius 2 is 2.35 bits per heavy atom. The molecule has 0 aromatic heterocycles. The summed E-state index contributed by atoms with van der Waals surface area (Å²) in [5, 5.41) is 9.16. The van der Waals surface area contributed by atoms with E-state index in [2.05, 4.69) is 11.8 Å². The average molecular weight is 272 g/mol. The van der Waals surface area contributed by atoms with Gasteiger partial charge in [-0.05, 0) is 31.0 Å². The first-order valence-electron chi connectivity index (χ1n) is 6.86. The summed E-state index contributed by atoms with van der Waals surface area (Å²) in [4.78, 5) is 14.3. The van der Waals surface area contributed by atoms with E-state index in [0.717, 1.165) is 17.5 Å². The first-order valence-corrected chi connectivity index (χ1v) is 6.86. The minimum absolute atomic E-state index is 0.0230. The van der Waals surface area contributed by atoms with Crippen molar-refractivity contribution in [1.82, 2.24) is 4.90 Å². The molecule has 4 heteroatoms. The van der Waals surface area contributed by atoms with Gasteiger partial charge in [-0.2, -0.15) is 0 Å². The Kier molecular flexibility index (Phi) is 4.78. The molecule has 0 bridgehead atoms. The number of nitrogens with zero attached hydrogens (tertiary/aromatic N) is 1. The maximum atomic E-state index is 12.5. The van der Waals surface area contributed by atoms with E-state index >= 15 is 0 Å². The molecule has 2 rings (SSSR count). The highest BCUT2D eigenvalue weighted by atomic mass is 16.3. The van der Waals surface area contributed by atoms with Crippen LogP contribution in [0.1, 0.15) is 27.9 Å². The zero-order chi connectivity index (χ0) is 14.5. The van der Waals surface area contributed by atoms with Crippen molar-refractivity contribution in [2.75, 3.05) is 26.2 Å². The van der Waals surface area contributed by atoms with E-state index in [1.54, 1.807) is 0 Å². The van der Waals surface area contributed by atoms with Crippen molar-refractivity contribution in [2.45, 2.75) is 13.3 Å². The van der Waals surface area contributed by atoms with Gasteiger partial charge in [0.2, 0.25) is 0 Å². The highest BCUT2D eigenvalue weighted by molar-refractivity contribution is 5.96. The summed E-state index contributed by atoms with van der Waals surface area (Å²) in [5.41, 5.74) is 7.81. The summed E-state index contributed by atoms with van der Waals surface area (Å²) in [6.45, 7) is 3.70. The Bertz CT molecular complexity index is 557. The largest absolute Gasteiger partial charge is 0.396 e. The standard InChI is InChI=1S/C16H20N2O2/c1-12-14(5-3-8-17)4-2-6-15(12)16(20)18-9-7-13(10-18)11-19/h2,4,6,13,19H,7-11,17H2,1H3. The number of amides is 1. The highest BCUT2D eigenvalue weighted by Gasteiger charge is 2.27. The predicted molar refractivity (Wildman–Crippen MR) is 78.2 cm³/mol. The monoisotopic (exact) mass is 272 g/mol. The van der Waals surface area contributed by atoms with E-state index < -0.39 is 0 Å². The molecule has 0 saturated carbocycles. The van der Waals surface area contributed by atoms with Crippen LogP contribution in [0.5, 0.6) is 0 Å². The van der Waals surface area contributed by atoms with Crippen molar-refractivity contribution in [3.8, 4) is 11.8 Å². The summed E-state index contributed by atoms with van der Waals surface area (Å²) in [6, 6.07) is 5.58. The SMILES string of the molecule is Cc1c(C#CCN)cccc1C(=O)N1CCC(CO)C1. The quantitative estimate of drug-likeness (QED) is 0.781. The normalized spacial score (nSPS) is 17.8. The lowest BCUT2D eigenvalue weighted by atomic mass is 10.0. The highest BCUT2D eigenvalue weighted by Crippen LogP contribution is 2.21. The zero-order valence-corrected chi connectivity index (χ0v) is 11.7. The first-order chi connectivity index (χ1) is 9.67. The van der Waals surface area contributed by atoms with E-state index in [9.17, 15) is 4.79 Å². The van der Waals surface area contributed by atoms with Gasteiger partial charge in [-0.1, -0.05) is 17.9 Å². The van der Waals surface area contributed by atoms with Crippen LogP contribution < -0.4 is 5.73 Å². The maximum Gasteiger partial charge on any atom is 0.254 e.